The van der Waals surface area contributed by atoms with Crippen LogP contribution >= 0.6 is 0 Å². The van der Waals surface area contributed by atoms with Crippen molar-refractivity contribution >= 4 is 12.1 Å². The van der Waals surface area contributed by atoms with Crippen LogP contribution in [0, 0.1) is 0 Å². The molecule has 0 N–H and O–H groups in total. The highest BCUT2D eigenvalue weighted by atomic mass is 16.6. The van der Waals surface area contributed by atoms with Gasteiger partial charge in [-0.15, -0.1) is 0 Å². The van der Waals surface area contributed by atoms with Crippen molar-refractivity contribution < 1.29 is 23.8 Å². The molecular formula is C19H29N3O5. The molecule has 0 bridgehead atoms. The van der Waals surface area contributed by atoms with Gasteiger partial charge in [0.15, 0.2) is 11.9 Å². The predicted octanol–water partition coefficient (Wildman–Crippen LogP) is 3.05. The Balaban J connectivity index is 1.89. The van der Waals surface area contributed by atoms with Crippen LogP contribution in [0.1, 0.15) is 74.9 Å². The van der Waals surface area contributed by atoms with Crippen molar-refractivity contribution in [3.05, 3.63) is 17.0 Å². The summed E-state index contributed by atoms with van der Waals surface area (Å²) in [5, 5.41) is 4.54. The van der Waals surface area contributed by atoms with E-state index in [1.165, 1.54) is 0 Å². The first-order valence-corrected chi connectivity index (χ1v) is 9.67. The normalized spacial score (nSPS) is 20.1. The fourth-order valence-electron chi connectivity index (χ4n) is 3.44. The molecule has 2 aliphatic rings. The van der Waals surface area contributed by atoms with E-state index < -0.39 is 11.6 Å². The largest absolute Gasteiger partial charge is 0.461 e. The molecule has 0 unspecified atom stereocenters. The van der Waals surface area contributed by atoms with Crippen LogP contribution in [0.5, 0.6) is 0 Å². The fourth-order valence-corrected chi connectivity index (χ4v) is 3.44. The van der Waals surface area contributed by atoms with Gasteiger partial charge in [0.2, 0.25) is 0 Å². The Bertz CT molecular complexity index is 701. The maximum absolute atomic E-state index is 12.5. The second-order valence-electron chi connectivity index (χ2n) is 7.91. The average Bonchev–Trinajstić information content (AvgIpc) is 3.00. The predicted molar refractivity (Wildman–Crippen MR) is 97.4 cm³/mol. The van der Waals surface area contributed by atoms with Gasteiger partial charge in [-0.1, -0.05) is 0 Å². The molecule has 3 heterocycles. The number of fused-ring (bicyclic) bond motifs is 1. The minimum Gasteiger partial charge on any atom is -0.461 e. The number of ether oxygens (including phenoxy) is 3. The summed E-state index contributed by atoms with van der Waals surface area (Å²) < 4.78 is 18.3. The molecule has 1 saturated heterocycles. The number of amides is 1. The number of carbonyl (C=O) groups is 2. The van der Waals surface area contributed by atoms with E-state index in [2.05, 4.69) is 5.10 Å². The van der Waals surface area contributed by atoms with Gasteiger partial charge in [0.25, 0.3) is 0 Å². The Morgan fingerprint density at radius 1 is 1.30 bits per heavy atom. The lowest BCUT2D eigenvalue weighted by Gasteiger charge is -2.32. The van der Waals surface area contributed by atoms with Crippen LogP contribution in [0.25, 0.3) is 0 Å². The number of aromatic nitrogens is 2. The van der Waals surface area contributed by atoms with Crippen molar-refractivity contribution in [2.45, 2.75) is 71.8 Å². The molecule has 2 aliphatic heterocycles. The van der Waals surface area contributed by atoms with E-state index in [1.54, 1.807) is 16.5 Å². The van der Waals surface area contributed by atoms with Gasteiger partial charge < -0.3 is 19.1 Å². The van der Waals surface area contributed by atoms with Gasteiger partial charge in [-0.05, 0) is 53.4 Å². The van der Waals surface area contributed by atoms with E-state index >= 15 is 0 Å². The van der Waals surface area contributed by atoms with Crippen molar-refractivity contribution in [3.63, 3.8) is 0 Å². The van der Waals surface area contributed by atoms with E-state index in [0.29, 0.717) is 38.4 Å². The molecule has 1 amide bonds. The Hall–Kier alpha value is -2.09. The molecule has 1 fully saturated rings. The second kappa shape index (κ2) is 7.88. The van der Waals surface area contributed by atoms with Crippen molar-refractivity contribution in [2.75, 3.05) is 19.8 Å². The molecule has 0 aliphatic carbocycles. The zero-order valence-electron chi connectivity index (χ0n) is 16.6. The Morgan fingerprint density at radius 3 is 2.70 bits per heavy atom. The molecule has 27 heavy (non-hydrogen) atoms. The Kier molecular flexibility index (Phi) is 5.74. The molecule has 1 atom stereocenters. The monoisotopic (exact) mass is 379 g/mol. The average molecular weight is 379 g/mol. The molecule has 150 valence electrons. The lowest BCUT2D eigenvalue weighted by atomic mass is 10.0. The van der Waals surface area contributed by atoms with Gasteiger partial charge in [-0.25, -0.2) is 14.3 Å². The minimum atomic E-state index is -0.555. The van der Waals surface area contributed by atoms with E-state index in [0.717, 1.165) is 30.5 Å². The van der Waals surface area contributed by atoms with Crippen molar-refractivity contribution in [2.24, 2.45) is 0 Å². The number of esters is 1. The quantitative estimate of drug-likeness (QED) is 0.751. The third kappa shape index (κ3) is 4.43. The maximum Gasteiger partial charge on any atom is 0.410 e. The summed E-state index contributed by atoms with van der Waals surface area (Å²) in [4.78, 5) is 26.5. The number of hydrogen-bond acceptors (Lipinski definition) is 6. The number of carbonyl (C=O) groups excluding carboxylic acids is 2. The smallest absolute Gasteiger partial charge is 0.410 e. The first kappa shape index (κ1) is 19.7. The molecule has 0 saturated carbocycles. The van der Waals surface area contributed by atoms with Crippen LogP contribution in [0.3, 0.4) is 0 Å². The molecule has 3 rings (SSSR count). The van der Waals surface area contributed by atoms with E-state index in [1.807, 2.05) is 20.8 Å². The van der Waals surface area contributed by atoms with E-state index in [4.69, 9.17) is 14.2 Å². The summed E-state index contributed by atoms with van der Waals surface area (Å²) in [6.07, 6.45) is 2.87. The second-order valence-corrected chi connectivity index (χ2v) is 7.91. The van der Waals surface area contributed by atoms with Crippen LogP contribution < -0.4 is 0 Å². The molecular weight excluding hydrogens is 350 g/mol. The lowest BCUT2D eigenvalue weighted by molar-refractivity contribution is -0.0430. The highest BCUT2D eigenvalue weighted by Crippen LogP contribution is 2.30. The Morgan fingerprint density at radius 2 is 2.07 bits per heavy atom. The topological polar surface area (TPSA) is 82.9 Å². The van der Waals surface area contributed by atoms with Crippen molar-refractivity contribution in [3.8, 4) is 0 Å². The highest BCUT2D eigenvalue weighted by molar-refractivity contribution is 5.89. The summed E-state index contributed by atoms with van der Waals surface area (Å²) in [5.41, 5.74) is 1.47. The van der Waals surface area contributed by atoms with Gasteiger partial charge in [0.05, 0.1) is 18.8 Å². The summed E-state index contributed by atoms with van der Waals surface area (Å²) in [6.45, 7) is 9.10. The van der Waals surface area contributed by atoms with Crippen LogP contribution in [0.2, 0.25) is 0 Å². The van der Waals surface area contributed by atoms with Gasteiger partial charge >= 0.3 is 12.1 Å². The summed E-state index contributed by atoms with van der Waals surface area (Å²) >= 11 is 0. The molecule has 8 nitrogen and oxygen atoms in total. The SMILES string of the molecule is CCOC(=O)c1nn([C@@H]2CCCCO2)c2c1CCN(C(=O)OC(C)(C)C)C2. The number of nitrogens with zero attached hydrogens (tertiary/aromatic N) is 3. The number of rotatable bonds is 3. The van der Waals surface area contributed by atoms with Crippen LogP contribution in [-0.2, 0) is 27.2 Å². The Labute approximate surface area is 159 Å². The van der Waals surface area contributed by atoms with Crippen LogP contribution in [0.4, 0.5) is 4.79 Å². The van der Waals surface area contributed by atoms with Gasteiger partial charge in [-0.2, -0.15) is 5.10 Å². The molecule has 0 aromatic carbocycles. The zero-order chi connectivity index (χ0) is 19.6. The van der Waals surface area contributed by atoms with Crippen LogP contribution in [-0.4, -0.2) is 52.1 Å². The van der Waals surface area contributed by atoms with Crippen LogP contribution in [0.15, 0.2) is 0 Å². The minimum absolute atomic E-state index is 0.214. The standard InChI is InChI=1S/C19H29N3O5/c1-5-25-17(23)16-13-9-10-21(18(24)27-19(2,3)4)12-14(13)22(20-16)15-8-6-7-11-26-15/h15H,5-12H2,1-4H3/t15-/m0/s1. The van der Waals surface area contributed by atoms with Gasteiger partial charge in [-0.3, -0.25) is 0 Å². The first-order valence-electron chi connectivity index (χ1n) is 9.67. The molecule has 0 radical (unpaired) electrons. The zero-order valence-corrected chi connectivity index (χ0v) is 16.6. The summed E-state index contributed by atoms with van der Waals surface area (Å²) in [7, 11) is 0. The maximum atomic E-state index is 12.5. The van der Waals surface area contributed by atoms with Crippen molar-refractivity contribution in [1.29, 1.82) is 0 Å². The van der Waals surface area contributed by atoms with E-state index in [9.17, 15) is 9.59 Å². The fraction of sp³-hybridized carbons (Fsp3) is 0.737. The third-order valence-electron chi connectivity index (χ3n) is 4.64. The number of hydrogen-bond donors (Lipinski definition) is 0. The lowest BCUT2D eigenvalue weighted by Crippen LogP contribution is -2.40. The summed E-state index contributed by atoms with van der Waals surface area (Å²) in [5.74, 6) is -0.422. The molecule has 1 aromatic heterocycles. The van der Waals surface area contributed by atoms with E-state index in [-0.39, 0.29) is 12.3 Å². The molecule has 1 aromatic rings. The summed E-state index contributed by atoms with van der Waals surface area (Å²) in [6, 6.07) is 0. The first-order chi connectivity index (χ1) is 12.8. The molecule has 0 spiro atoms. The van der Waals surface area contributed by atoms with Gasteiger partial charge in [0, 0.05) is 18.7 Å². The van der Waals surface area contributed by atoms with Crippen molar-refractivity contribution in [1.82, 2.24) is 14.7 Å². The molecule has 8 heteroatoms. The highest BCUT2D eigenvalue weighted by Gasteiger charge is 2.34. The third-order valence-corrected chi connectivity index (χ3v) is 4.64. The van der Waals surface area contributed by atoms with Gasteiger partial charge in [0.1, 0.15) is 5.60 Å².